The number of hydrogen-bond acceptors (Lipinski definition) is 4. The second-order valence-corrected chi connectivity index (χ2v) is 6.39. The lowest BCUT2D eigenvalue weighted by atomic mass is 10.1. The number of nitrogens with zero attached hydrogens (tertiary/aromatic N) is 1. The standard InChI is InChI=1S/C23H15ClN2O3/c24-19-8-10-20(11-9-19)26-22(27)18(15-25)14-16-6-12-21(13-7-16)29-23(28)17-4-2-1-3-5-17/h1-14H,(H,26,27)/b18-14-. The molecule has 1 N–H and O–H groups in total. The smallest absolute Gasteiger partial charge is 0.343 e. The van der Waals surface area contributed by atoms with Gasteiger partial charge in [-0.1, -0.05) is 41.9 Å². The lowest BCUT2D eigenvalue weighted by Gasteiger charge is -2.06. The minimum absolute atomic E-state index is 0.0611. The molecule has 0 saturated carbocycles. The molecule has 3 aromatic carbocycles. The first-order valence-electron chi connectivity index (χ1n) is 8.61. The molecule has 0 aliphatic heterocycles. The summed E-state index contributed by atoms with van der Waals surface area (Å²) in [7, 11) is 0. The van der Waals surface area contributed by atoms with E-state index in [1.54, 1.807) is 72.8 Å². The van der Waals surface area contributed by atoms with Crippen LogP contribution in [0.15, 0.2) is 84.4 Å². The van der Waals surface area contributed by atoms with E-state index in [2.05, 4.69) is 5.32 Å². The number of amides is 1. The number of esters is 1. The van der Waals surface area contributed by atoms with Gasteiger partial charge in [0.15, 0.2) is 0 Å². The highest BCUT2D eigenvalue weighted by atomic mass is 35.5. The molecule has 5 nitrogen and oxygen atoms in total. The highest BCUT2D eigenvalue weighted by molar-refractivity contribution is 6.30. The molecular formula is C23H15ClN2O3. The Morgan fingerprint density at radius 3 is 2.21 bits per heavy atom. The maximum atomic E-state index is 12.3. The van der Waals surface area contributed by atoms with Gasteiger partial charge in [0.25, 0.3) is 5.91 Å². The van der Waals surface area contributed by atoms with Gasteiger partial charge in [0, 0.05) is 10.7 Å². The fraction of sp³-hybridized carbons (Fsp3) is 0. The number of anilines is 1. The van der Waals surface area contributed by atoms with Crippen LogP contribution < -0.4 is 10.1 Å². The predicted molar refractivity (Wildman–Crippen MR) is 112 cm³/mol. The summed E-state index contributed by atoms with van der Waals surface area (Å²) < 4.78 is 5.31. The zero-order valence-electron chi connectivity index (χ0n) is 15.1. The van der Waals surface area contributed by atoms with E-state index < -0.39 is 11.9 Å². The third-order valence-electron chi connectivity index (χ3n) is 3.88. The average molecular weight is 403 g/mol. The van der Waals surface area contributed by atoms with E-state index in [0.717, 1.165) is 0 Å². The Morgan fingerprint density at radius 1 is 0.931 bits per heavy atom. The second-order valence-electron chi connectivity index (χ2n) is 5.96. The van der Waals surface area contributed by atoms with Gasteiger partial charge in [-0.3, -0.25) is 4.79 Å². The summed E-state index contributed by atoms with van der Waals surface area (Å²) in [5.41, 5.74) is 1.53. The number of benzene rings is 3. The second kappa shape index (κ2) is 9.36. The molecule has 3 rings (SSSR count). The first kappa shape index (κ1) is 19.9. The van der Waals surface area contributed by atoms with Crippen molar-refractivity contribution in [3.05, 3.63) is 101 Å². The van der Waals surface area contributed by atoms with Gasteiger partial charge in [-0.2, -0.15) is 5.26 Å². The van der Waals surface area contributed by atoms with E-state index >= 15 is 0 Å². The van der Waals surface area contributed by atoms with E-state index in [4.69, 9.17) is 16.3 Å². The van der Waals surface area contributed by atoms with E-state index in [-0.39, 0.29) is 5.57 Å². The third-order valence-corrected chi connectivity index (χ3v) is 4.13. The Kier molecular flexibility index (Phi) is 6.41. The molecular weight excluding hydrogens is 388 g/mol. The Labute approximate surface area is 172 Å². The number of nitrogens with one attached hydrogen (secondary N) is 1. The van der Waals surface area contributed by atoms with E-state index in [0.29, 0.717) is 27.6 Å². The zero-order chi connectivity index (χ0) is 20.6. The van der Waals surface area contributed by atoms with Crippen molar-refractivity contribution < 1.29 is 14.3 Å². The van der Waals surface area contributed by atoms with Crippen LogP contribution in [0.5, 0.6) is 5.75 Å². The van der Waals surface area contributed by atoms with Gasteiger partial charge >= 0.3 is 5.97 Å². The molecule has 29 heavy (non-hydrogen) atoms. The van der Waals surface area contributed by atoms with Crippen molar-refractivity contribution in [1.82, 2.24) is 0 Å². The quantitative estimate of drug-likeness (QED) is 0.278. The number of halogens is 1. The molecule has 0 fully saturated rings. The molecule has 0 saturated heterocycles. The minimum Gasteiger partial charge on any atom is -0.423 e. The molecule has 0 aromatic heterocycles. The monoisotopic (exact) mass is 402 g/mol. The first-order valence-corrected chi connectivity index (χ1v) is 8.99. The summed E-state index contributed by atoms with van der Waals surface area (Å²) in [5.74, 6) is -0.636. The van der Waals surface area contributed by atoms with Crippen LogP contribution in [0.25, 0.3) is 6.08 Å². The van der Waals surface area contributed by atoms with Crippen LogP contribution in [0.1, 0.15) is 15.9 Å². The molecule has 1 amide bonds. The molecule has 0 spiro atoms. The molecule has 0 heterocycles. The summed E-state index contributed by atoms with van der Waals surface area (Å²) in [4.78, 5) is 24.4. The van der Waals surface area contributed by atoms with Crippen molar-refractivity contribution in [2.75, 3.05) is 5.32 Å². The Hall–Kier alpha value is -3.88. The minimum atomic E-state index is -0.533. The van der Waals surface area contributed by atoms with Crippen molar-refractivity contribution in [3.8, 4) is 11.8 Å². The molecule has 0 aliphatic rings. The number of hydrogen-bond donors (Lipinski definition) is 1. The fourth-order valence-corrected chi connectivity index (χ4v) is 2.55. The molecule has 142 valence electrons. The van der Waals surface area contributed by atoms with Gasteiger partial charge in [-0.05, 0) is 60.2 Å². The molecule has 0 unspecified atom stereocenters. The van der Waals surface area contributed by atoms with Gasteiger partial charge in [-0.15, -0.1) is 0 Å². The Bertz CT molecular complexity index is 1080. The molecule has 0 bridgehead atoms. The third kappa shape index (κ3) is 5.55. The molecule has 0 radical (unpaired) electrons. The Balaban J connectivity index is 1.68. The van der Waals surface area contributed by atoms with Crippen LogP contribution in [0.4, 0.5) is 5.69 Å². The van der Waals surface area contributed by atoms with Crippen molar-refractivity contribution in [3.63, 3.8) is 0 Å². The summed E-state index contributed by atoms with van der Waals surface area (Å²) in [6.45, 7) is 0. The van der Waals surface area contributed by atoms with Crippen molar-refractivity contribution in [2.24, 2.45) is 0 Å². The number of carbonyl (C=O) groups excluding carboxylic acids is 2. The molecule has 0 aliphatic carbocycles. The number of ether oxygens (including phenoxy) is 1. The van der Waals surface area contributed by atoms with E-state index in [1.807, 2.05) is 12.1 Å². The van der Waals surface area contributed by atoms with Gasteiger partial charge in [0.2, 0.25) is 0 Å². The summed E-state index contributed by atoms with van der Waals surface area (Å²) in [5, 5.41) is 12.5. The van der Waals surface area contributed by atoms with E-state index in [1.165, 1.54) is 6.08 Å². The largest absolute Gasteiger partial charge is 0.423 e. The average Bonchev–Trinajstić information content (AvgIpc) is 2.75. The summed E-state index contributed by atoms with van der Waals surface area (Å²) >= 11 is 5.82. The van der Waals surface area contributed by atoms with Crippen LogP contribution in [0, 0.1) is 11.3 Å². The van der Waals surface area contributed by atoms with Crippen molar-refractivity contribution >= 4 is 35.2 Å². The fourth-order valence-electron chi connectivity index (χ4n) is 2.42. The van der Waals surface area contributed by atoms with E-state index in [9.17, 15) is 14.9 Å². The first-order chi connectivity index (χ1) is 14.0. The number of carbonyl (C=O) groups is 2. The van der Waals surface area contributed by atoms with Crippen molar-refractivity contribution in [2.45, 2.75) is 0 Å². The zero-order valence-corrected chi connectivity index (χ0v) is 15.9. The van der Waals surface area contributed by atoms with Crippen molar-refractivity contribution in [1.29, 1.82) is 5.26 Å². The lowest BCUT2D eigenvalue weighted by molar-refractivity contribution is -0.112. The number of rotatable bonds is 5. The van der Waals surface area contributed by atoms with Gasteiger partial charge in [0.05, 0.1) is 5.56 Å². The normalized spacial score (nSPS) is 10.7. The van der Waals surface area contributed by atoms with Crippen LogP contribution in [-0.2, 0) is 4.79 Å². The summed E-state index contributed by atoms with van der Waals surface area (Å²) in [6.07, 6.45) is 1.45. The topological polar surface area (TPSA) is 79.2 Å². The maximum Gasteiger partial charge on any atom is 0.343 e. The maximum absolute atomic E-state index is 12.3. The highest BCUT2D eigenvalue weighted by Crippen LogP contribution is 2.18. The van der Waals surface area contributed by atoms with Gasteiger partial charge < -0.3 is 10.1 Å². The highest BCUT2D eigenvalue weighted by Gasteiger charge is 2.10. The molecule has 3 aromatic rings. The Morgan fingerprint density at radius 2 is 1.59 bits per heavy atom. The number of nitriles is 1. The predicted octanol–water partition coefficient (Wildman–Crippen LogP) is 5.10. The lowest BCUT2D eigenvalue weighted by Crippen LogP contribution is -2.13. The van der Waals surface area contributed by atoms with Gasteiger partial charge in [0.1, 0.15) is 17.4 Å². The van der Waals surface area contributed by atoms with Crippen LogP contribution in [0.2, 0.25) is 5.02 Å². The summed E-state index contributed by atoms with van der Waals surface area (Å²) in [6, 6.07) is 23.6. The van der Waals surface area contributed by atoms with Gasteiger partial charge in [-0.25, -0.2) is 4.79 Å². The molecule has 0 atom stereocenters. The SMILES string of the molecule is N#C/C(=C/c1ccc(OC(=O)c2ccccc2)cc1)C(=O)Nc1ccc(Cl)cc1. The van der Waals surface area contributed by atoms with Crippen LogP contribution >= 0.6 is 11.6 Å². The van der Waals surface area contributed by atoms with Crippen LogP contribution in [0.3, 0.4) is 0 Å². The van der Waals surface area contributed by atoms with Crippen LogP contribution in [-0.4, -0.2) is 11.9 Å². The molecule has 6 heteroatoms.